The van der Waals surface area contributed by atoms with Crippen LogP contribution in [-0.2, 0) is 6.54 Å². The van der Waals surface area contributed by atoms with Crippen LogP contribution in [0.15, 0.2) is 59.1 Å². The smallest absolute Gasteiger partial charge is 0.318 e. The second kappa shape index (κ2) is 7.61. The summed E-state index contributed by atoms with van der Waals surface area (Å²) >= 11 is 0. The van der Waals surface area contributed by atoms with Crippen molar-refractivity contribution in [3.8, 4) is 11.4 Å². The van der Waals surface area contributed by atoms with Gasteiger partial charge in [0.2, 0.25) is 11.7 Å². The van der Waals surface area contributed by atoms with Crippen molar-refractivity contribution in [2.45, 2.75) is 32.4 Å². The van der Waals surface area contributed by atoms with E-state index in [-0.39, 0.29) is 12.1 Å². The van der Waals surface area contributed by atoms with E-state index in [9.17, 15) is 4.79 Å². The highest BCUT2D eigenvalue weighted by molar-refractivity contribution is 5.75. The van der Waals surface area contributed by atoms with Crippen LogP contribution in [0.4, 0.5) is 4.79 Å². The molecule has 4 rings (SSSR count). The standard InChI is InChI=1S/C21H22N4O2/c1-15-7-5-10-17(13-15)19-23-20(27-24-19)18-11-6-12-25(18)21(26)22-14-16-8-3-2-4-9-16/h2-5,7-10,13,18H,6,11-12,14H2,1H3,(H,22,26)/t18-/m1/s1. The Morgan fingerprint density at radius 1 is 1.22 bits per heavy atom. The molecule has 2 aromatic carbocycles. The highest BCUT2D eigenvalue weighted by Crippen LogP contribution is 2.32. The number of hydrogen-bond donors (Lipinski definition) is 1. The summed E-state index contributed by atoms with van der Waals surface area (Å²) in [5.41, 5.74) is 3.13. The summed E-state index contributed by atoms with van der Waals surface area (Å²) in [5, 5.41) is 7.10. The number of rotatable bonds is 4. The van der Waals surface area contributed by atoms with E-state index in [0.717, 1.165) is 29.5 Å². The van der Waals surface area contributed by atoms with Gasteiger partial charge in [-0.2, -0.15) is 4.98 Å². The molecule has 1 N–H and O–H groups in total. The fourth-order valence-corrected chi connectivity index (χ4v) is 3.41. The molecule has 6 heteroatoms. The van der Waals surface area contributed by atoms with Gasteiger partial charge in [-0.1, -0.05) is 59.3 Å². The third-order valence-electron chi connectivity index (χ3n) is 4.80. The number of amides is 2. The largest absolute Gasteiger partial charge is 0.337 e. The van der Waals surface area contributed by atoms with E-state index in [1.54, 1.807) is 4.90 Å². The number of nitrogens with one attached hydrogen (secondary N) is 1. The van der Waals surface area contributed by atoms with Crippen molar-refractivity contribution in [2.24, 2.45) is 0 Å². The molecule has 0 unspecified atom stereocenters. The summed E-state index contributed by atoms with van der Waals surface area (Å²) in [4.78, 5) is 19.0. The lowest BCUT2D eigenvalue weighted by Crippen LogP contribution is -2.39. The predicted molar refractivity (Wildman–Crippen MR) is 102 cm³/mol. The van der Waals surface area contributed by atoms with Gasteiger partial charge in [-0.15, -0.1) is 0 Å². The van der Waals surface area contributed by atoms with Crippen LogP contribution in [0.3, 0.4) is 0 Å². The van der Waals surface area contributed by atoms with Crippen LogP contribution in [0, 0.1) is 6.92 Å². The SMILES string of the molecule is Cc1cccc(-c2noc([C@H]3CCCN3C(=O)NCc3ccccc3)n2)c1. The van der Waals surface area contributed by atoms with Gasteiger partial charge in [0.25, 0.3) is 0 Å². The maximum Gasteiger partial charge on any atom is 0.318 e. The molecule has 1 saturated heterocycles. The van der Waals surface area contributed by atoms with E-state index in [1.807, 2.05) is 61.5 Å². The zero-order valence-corrected chi connectivity index (χ0v) is 15.3. The molecule has 1 aliphatic rings. The van der Waals surface area contributed by atoms with E-state index < -0.39 is 0 Å². The third kappa shape index (κ3) is 3.84. The molecule has 1 aliphatic heterocycles. The minimum Gasteiger partial charge on any atom is -0.337 e. The van der Waals surface area contributed by atoms with Crippen LogP contribution in [0.25, 0.3) is 11.4 Å². The molecular formula is C21H22N4O2. The maximum absolute atomic E-state index is 12.6. The average Bonchev–Trinajstić information content (AvgIpc) is 3.36. The molecule has 0 saturated carbocycles. The Morgan fingerprint density at radius 3 is 2.89 bits per heavy atom. The molecule has 0 spiro atoms. The van der Waals surface area contributed by atoms with Crippen molar-refractivity contribution in [3.05, 3.63) is 71.6 Å². The monoisotopic (exact) mass is 362 g/mol. The number of urea groups is 1. The first kappa shape index (κ1) is 17.3. The summed E-state index contributed by atoms with van der Waals surface area (Å²) < 4.78 is 5.50. The molecule has 3 aromatic rings. The van der Waals surface area contributed by atoms with Gasteiger partial charge in [-0.25, -0.2) is 4.79 Å². The lowest BCUT2D eigenvalue weighted by atomic mass is 10.1. The lowest BCUT2D eigenvalue weighted by molar-refractivity contribution is 0.180. The summed E-state index contributed by atoms with van der Waals surface area (Å²) in [6, 6.07) is 17.6. The lowest BCUT2D eigenvalue weighted by Gasteiger charge is -2.22. The van der Waals surface area contributed by atoms with Crippen LogP contribution in [0.1, 0.15) is 35.9 Å². The first-order chi connectivity index (χ1) is 13.2. The van der Waals surface area contributed by atoms with Crippen molar-refractivity contribution < 1.29 is 9.32 Å². The Kier molecular flexibility index (Phi) is 4.87. The molecule has 27 heavy (non-hydrogen) atoms. The van der Waals surface area contributed by atoms with Gasteiger partial charge in [0, 0.05) is 18.7 Å². The van der Waals surface area contributed by atoms with E-state index in [1.165, 1.54) is 0 Å². The van der Waals surface area contributed by atoms with Crippen molar-refractivity contribution >= 4 is 6.03 Å². The summed E-state index contributed by atoms with van der Waals surface area (Å²) in [5.74, 6) is 1.06. The second-order valence-electron chi connectivity index (χ2n) is 6.82. The number of likely N-dealkylation sites (tertiary alicyclic amines) is 1. The normalized spacial score (nSPS) is 16.5. The van der Waals surface area contributed by atoms with E-state index in [4.69, 9.17) is 4.52 Å². The number of nitrogens with zero attached hydrogens (tertiary/aromatic N) is 3. The number of aromatic nitrogens is 2. The zero-order chi connectivity index (χ0) is 18.6. The molecular weight excluding hydrogens is 340 g/mol. The number of aryl methyl sites for hydroxylation is 1. The van der Waals surface area contributed by atoms with Gasteiger partial charge < -0.3 is 14.7 Å². The van der Waals surface area contributed by atoms with Gasteiger partial charge in [-0.3, -0.25) is 0 Å². The van der Waals surface area contributed by atoms with E-state index in [0.29, 0.717) is 24.8 Å². The first-order valence-electron chi connectivity index (χ1n) is 9.20. The Bertz CT molecular complexity index is 923. The Balaban J connectivity index is 1.46. The number of hydrogen-bond acceptors (Lipinski definition) is 4. The molecule has 6 nitrogen and oxygen atoms in total. The van der Waals surface area contributed by atoms with Crippen molar-refractivity contribution in [1.29, 1.82) is 0 Å². The number of carbonyl (C=O) groups excluding carboxylic acids is 1. The van der Waals surface area contributed by atoms with Crippen LogP contribution >= 0.6 is 0 Å². The topological polar surface area (TPSA) is 71.3 Å². The molecule has 1 atom stereocenters. The second-order valence-corrected chi connectivity index (χ2v) is 6.82. The average molecular weight is 362 g/mol. The van der Waals surface area contributed by atoms with Crippen molar-refractivity contribution in [2.75, 3.05) is 6.54 Å². The molecule has 0 aliphatic carbocycles. The minimum absolute atomic E-state index is 0.100. The molecule has 0 radical (unpaired) electrons. The van der Waals surface area contributed by atoms with Gasteiger partial charge in [0.05, 0.1) is 0 Å². The zero-order valence-electron chi connectivity index (χ0n) is 15.3. The van der Waals surface area contributed by atoms with Gasteiger partial charge in [-0.05, 0) is 31.4 Å². The van der Waals surface area contributed by atoms with Crippen molar-refractivity contribution in [3.63, 3.8) is 0 Å². The van der Waals surface area contributed by atoms with Gasteiger partial charge in [0.15, 0.2) is 0 Å². The first-order valence-corrected chi connectivity index (χ1v) is 9.20. The van der Waals surface area contributed by atoms with Gasteiger partial charge >= 0.3 is 6.03 Å². The summed E-state index contributed by atoms with van der Waals surface area (Å²) in [7, 11) is 0. The highest BCUT2D eigenvalue weighted by atomic mass is 16.5. The number of carbonyl (C=O) groups is 1. The van der Waals surface area contributed by atoms with Crippen molar-refractivity contribution in [1.82, 2.24) is 20.4 Å². The Labute approximate surface area is 158 Å². The highest BCUT2D eigenvalue weighted by Gasteiger charge is 2.34. The molecule has 1 fully saturated rings. The third-order valence-corrected chi connectivity index (χ3v) is 4.80. The summed E-state index contributed by atoms with van der Waals surface area (Å²) in [6.07, 6.45) is 1.75. The Morgan fingerprint density at radius 2 is 2.07 bits per heavy atom. The molecule has 1 aromatic heterocycles. The predicted octanol–water partition coefficient (Wildman–Crippen LogP) is 4.09. The summed E-state index contributed by atoms with van der Waals surface area (Å²) in [6.45, 7) is 3.22. The molecule has 0 bridgehead atoms. The quantitative estimate of drug-likeness (QED) is 0.759. The van der Waals surface area contributed by atoms with Crippen LogP contribution in [-0.4, -0.2) is 27.6 Å². The fraction of sp³-hybridized carbons (Fsp3) is 0.286. The maximum atomic E-state index is 12.6. The van der Waals surface area contributed by atoms with Crippen LogP contribution < -0.4 is 5.32 Å². The molecule has 2 heterocycles. The molecule has 138 valence electrons. The van der Waals surface area contributed by atoms with Crippen LogP contribution in [0.5, 0.6) is 0 Å². The molecule has 2 amide bonds. The van der Waals surface area contributed by atoms with E-state index >= 15 is 0 Å². The number of benzene rings is 2. The minimum atomic E-state index is -0.174. The Hall–Kier alpha value is -3.15. The fourth-order valence-electron chi connectivity index (χ4n) is 3.41. The van der Waals surface area contributed by atoms with Crippen LogP contribution in [0.2, 0.25) is 0 Å². The van der Waals surface area contributed by atoms with Gasteiger partial charge in [0.1, 0.15) is 6.04 Å². The van der Waals surface area contributed by atoms with E-state index in [2.05, 4.69) is 15.5 Å².